The molecule has 2 rings (SSSR count). The third kappa shape index (κ3) is 2.14. The fraction of sp³-hybridized carbons (Fsp3) is 0.100. The SMILES string of the molecule is O=C(O)c1nnc2cc(O)ccc2c1NC(O)O. The number of phenols is 1. The van der Waals surface area contributed by atoms with E-state index in [1.165, 1.54) is 18.2 Å². The second-order valence-electron chi connectivity index (χ2n) is 3.45. The smallest absolute Gasteiger partial charge is 0.358 e. The second-order valence-corrected chi connectivity index (χ2v) is 3.45. The molecule has 0 fully saturated rings. The molecule has 1 aromatic carbocycles. The Morgan fingerprint density at radius 1 is 1.28 bits per heavy atom. The first kappa shape index (κ1) is 12.0. The van der Waals surface area contributed by atoms with E-state index in [2.05, 4.69) is 15.5 Å². The summed E-state index contributed by atoms with van der Waals surface area (Å²) in [5.74, 6) is -1.42. The summed E-state index contributed by atoms with van der Waals surface area (Å²) in [7, 11) is 0. The van der Waals surface area contributed by atoms with Crippen LogP contribution in [0.3, 0.4) is 0 Å². The molecule has 0 atom stereocenters. The van der Waals surface area contributed by atoms with Gasteiger partial charge < -0.3 is 25.7 Å². The number of anilines is 1. The zero-order valence-electron chi connectivity index (χ0n) is 8.90. The normalized spacial score (nSPS) is 10.8. The van der Waals surface area contributed by atoms with Crippen LogP contribution in [0.1, 0.15) is 10.5 Å². The molecule has 0 bridgehead atoms. The minimum Gasteiger partial charge on any atom is -0.508 e. The van der Waals surface area contributed by atoms with Crippen molar-refractivity contribution in [3.63, 3.8) is 0 Å². The van der Waals surface area contributed by atoms with Gasteiger partial charge in [0.25, 0.3) is 0 Å². The number of benzene rings is 1. The van der Waals surface area contributed by atoms with Crippen molar-refractivity contribution in [3.05, 3.63) is 23.9 Å². The summed E-state index contributed by atoms with van der Waals surface area (Å²) in [6.45, 7) is 0. The number of carboxylic acids is 1. The molecule has 0 spiro atoms. The molecule has 8 nitrogen and oxygen atoms in total. The standard InChI is InChI=1S/C10H9N3O5/c14-4-1-2-5-6(3-4)12-13-8(9(15)16)7(5)11-10(17)18/h1-3,10,14,17-18H,(H,11,12)(H,15,16). The molecule has 0 amide bonds. The van der Waals surface area contributed by atoms with Crippen LogP contribution in [-0.2, 0) is 0 Å². The van der Waals surface area contributed by atoms with Crippen LogP contribution in [0.25, 0.3) is 10.9 Å². The van der Waals surface area contributed by atoms with E-state index in [-0.39, 0.29) is 17.0 Å². The topological polar surface area (TPSA) is 136 Å². The second kappa shape index (κ2) is 4.43. The number of aromatic hydroxyl groups is 1. The summed E-state index contributed by atoms with van der Waals surface area (Å²) >= 11 is 0. The Bertz CT molecular complexity index is 614. The largest absolute Gasteiger partial charge is 0.508 e. The van der Waals surface area contributed by atoms with Crippen LogP contribution in [0.15, 0.2) is 18.2 Å². The molecule has 0 aliphatic heterocycles. The molecule has 1 heterocycles. The van der Waals surface area contributed by atoms with Crippen molar-refractivity contribution in [3.8, 4) is 5.75 Å². The van der Waals surface area contributed by atoms with E-state index in [1.54, 1.807) is 0 Å². The fourth-order valence-electron chi connectivity index (χ4n) is 1.52. The Morgan fingerprint density at radius 2 is 2.00 bits per heavy atom. The molecule has 0 aliphatic carbocycles. The van der Waals surface area contributed by atoms with Crippen molar-refractivity contribution in [2.75, 3.05) is 5.32 Å². The highest BCUT2D eigenvalue weighted by molar-refractivity contribution is 6.02. The predicted molar refractivity (Wildman–Crippen MR) is 60.0 cm³/mol. The summed E-state index contributed by atoms with van der Waals surface area (Å²) in [6.07, 6.45) is -1.94. The Balaban J connectivity index is 2.72. The average Bonchev–Trinajstić information content (AvgIpc) is 2.27. The summed E-state index contributed by atoms with van der Waals surface area (Å²) in [5.41, 5.74) is -0.299. The number of fused-ring (bicyclic) bond motifs is 1. The third-order valence-corrected chi connectivity index (χ3v) is 2.22. The molecule has 0 radical (unpaired) electrons. The van der Waals surface area contributed by atoms with E-state index >= 15 is 0 Å². The number of aromatic carboxylic acids is 1. The molecule has 0 aliphatic rings. The maximum absolute atomic E-state index is 11.0. The zero-order chi connectivity index (χ0) is 13.3. The Labute approximate surface area is 100 Å². The number of hydrogen-bond acceptors (Lipinski definition) is 7. The van der Waals surface area contributed by atoms with Gasteiger partial charge in [-0.3, -0.25) is 0 Å². The number of nitrogens with zero attached hydrogens (tertiary/aromatic N) is 2. The third-order valence-electron chi connectivity index (χ3n) is 2.22. The van der Waals surface area contributed by atoms with Gasteiger partial charge in [0.05, 0.1) is 11.2 Å². The maximum atomic E-state index is 11.0. The molecule has 0 unspecified atom stereocenters. The lowest BCUT2D eigenvalue weighted by atomic mass is 10.1. The van der Waals surface area contributed by atoms with E-state index in [0.29, 0.717) is 5.39 Å². The van der Waals surface area contributed by atoms with Gasteiger partial charge in [-0.2, -0.15) is 0 Å². The lowest BCUT2D eigenvalue weighted by Gasteiger charge is -2.12. The highest BCUT2D eigenvalue weighted by Gasteiger charge is 2.18. The van der Waals surface area contributed by atoms with E-state index < -0.39 is 18.1 Å². The fourth-order valence-corrected chi connectivity index (χ4v) is 1.52. The lowest BCUT2D eigenvalue weighted by molar-refractivity contribution is -0.0146. The van der Waals surface area contributed by atoms with E-state index in [4.69, 9.17) is 15.3 Å². The molecule has 18 heavy (non-hydrogen) atoms. The van der Waals surface area contributed by atoms with E-state index in [9.17, 15) is 9.90 Å². The van der Waals surface area contributed by atoms with Crippen molar-refractivity contribution in [1.82, 2.24) is 10.2 Å². The number of nitrogens with one attached hydrogen (secondary N) is 1. The van der Waals surface area contributed by atoms with Crippen molar-refractivity contribution in [2.24, 2.45) is 0 Å². The molecule has 94 valence electrons. The summed E-state index contributed by atoms with van der Waals surface area (Å²) in [6, 6.07) is 4.00. The van der Waals surface area contributed by atoms with Crippen LogP contribution in [0, 0.1) is 0 Å². The van der Waals surface area contributed by atoms with Crippen LogP contribution in [0.2, 0.25) is 0 Å². The maximum Gasteiger partial charge on any atom is 0.358 e. The Morgan fingerprint density at radius 3 is 2.61 bits per heavy atom. The van der Waals surface area contributed by atoms with Gasteiger partial charge in [0.1, 0.15) is 5.75 Å². The molecule has 2 aromatic rings. The minimum atomic E-state index is -1.94. The lowest BCUT2D eigenvalue weighted by Crippen LogP contribution is -2.20. The quantitative estimate of drug-likeness (QED) is 0.469. The number of aromatic nitrogens is 2. The molecular weight excluding hydrogens is 242 g/mol. The molecule has 8 heteroatoms. The first-order valence-electron chi connectivity index (χ1n) is 4.84. The van der Waals surface area contributed by atoms with Gasteiger partial charge in [-0.05, 0) is 12.1 Å². The minimum absolute atomic E-state index is 0.0598. The van der Waals surface area contributed by atoms with Gasteiger partial charge in [-0.25, -0.2) is 4.79 Å². The number of phenolic OH excluding ortho intramolecular Hbond substituents is 1. The highest BCUT2D eigenvalue weighted by atomic mass is 16.5. The number of hydrogen-bond donors (Lipinski definition) is 5. The summed E-state index contributed by atoms with van der Waals surface area (Å²) < 4.78 is 0. The van der Waals surface area contributed by atoms with Crippen LogP contribution in [0.5, 0.6) is 5.75 Å². The average molecular weight is 251 g/mol. The monoisotopic (exact) mass is 251 g/mol. The Hall–Kier alpha value is -2.45. The van der Waals surface area contributed by atoms with Crippen LogP contribution in [-0.4, -0.2) is 43.0 Å². The highest BCUT2D eigenvalue weighted by Crippen LogP contribution is 2.27. The van der Waals surface area contributed by atoms with Gasteiger partial charge >= 0.3 is 5.97 Å². The van der Waals surface area contributed by atoms with Crippen LogP contribution in [0.4, 0.5) is 5.69 Å². The first-order chi connectivity index (χ1) is 8.49. The first-order valence-corrected chi connectivity index (χ1v) is 4.84. The van der Waals surface area contributed by atoms with Gasteiger partial charge in [0.15, 0.2) is 5.69 Å². The van der Waals surface area contributed by atoms with Crippen molar-refractivity contribution < 1.29 is 25.2 Å². The van der Waals surface area contributed by atoms with Gasteiger partial charge in [-0.15, -0.1) is 10.2 Å². The molecule has 0 saturated heterocycles. The molecular formula is C10H9N3O5. The van der Waals surface area contributed by atoms with Gasteiger partial charge in [-0.1, -0.05) is 0 Å². The molecule has 5 N–H and O–H groups in total. The number of carbonyl (C=O) groups is 1. The van der Waals surface area contributed by atoms with Crippen LogP contribution >= 0.6 is 0 Å². The summed E-state index contributed by atoms with van der Waals surface area (Å²) in [4.78, 5) is 11.0. The van der Waals surface area contributed by atoms with Gasteiger partial charge in [0, 0.05) is 11.5 Å². The Kier molecular flexibility index (Phi) is 2.96. The van der Waals surface area contributed by atoms with Crippen molar-refractivity contribution in [2.45, 2.75) is 6.41 Å². The summed E-state index contributed by atoms with van der Waals surface area (Å²) in [5, 5.41) is 45.5. The predicted octanol–water partition coefficient (Wildman–Crippen LogP) is -0.286. The van der Waals surface area contributed by atoms with Crippen molar-refractivity contribution in [1.29, 1.82) is 0 Å². The van der Waals surface area contributed by atoms with E-state index in [0.717, 1.165) is 0 Å². The molecule has 1 aromatic heterocycles. The van der Waals surface area contributed by atoms with Gasteiger partial charge in [0.2, 0.25) is 6.41 Å². The number of aliphatic hydroxyl groups is 2. The number of rotatable bonds is 3. The number of aliphatic hydroxyl groups excluding tert-OH is 1. The number of carboxylic acid groups (broad SMARTS) is 1. The van der Waals surface area contributed by atoms with Crippen molar-refractivity contribution >= 4 is 22.6 Å². The zero-order valence-corrected chi connectivity index (χ0v) is 8.90. The van der Waals surface area contributed by atoms with Crippen LogP contribution < -0.4 is 5.32 Å². The van der Waals surface area contributed by atoms with E-state index in [1.807, 2.05) is 0 Å². The molecule has 0 saturated carbocycles.